The van der Waals surface area contributed by atoms with Gasteiger partial charge in [-0.15, -0.1) is 0 Å². The summed E-state index contributed by atoms with van der Waals surface area (Å²) in [6.07, 6.45) is -2.39. The number of alkyl halides is 3. The molecular weight excluding hydrogens is 357 g/mol. The standard InChI is InChI=1S/C20H17F3N2O2/c1-2-10-27-18-9-4-3-6-14(18)11-15(13-24)19(26)25-17-8-5-7-16(12-17)20(21,22)23/h3-9,11-12H,2,10H2,1H3,(H,25,26)/b15-11+. The van der Waals surface area contributed by atoms with Crippen LogP contribution in [-0.2, 0) is 11.0 Å². The number of anilines is 1. The molecule has 2 rings (SSSR count). The molecule has 0 unspecified atom stereocenters. The molecule has 0 aliphatic rings. The average molecular weight is 374 g/mol. The monoisotopic (exact) mass is 374 g/mol. The van der Waals surface area contributed by atoms with Crippen molar-refractivity contribution >= 4 is 17.7 Å². The van der Waals surface area contributed by atoms with Gasteiger partial charge in [0.1, 0.15) is 17.4 Å². The number of nitrogens with one attached hydrogen (secondary N) is 1. The van der Waals surface area contributed by atoms with Gasteiger partial charge in [-0.3, -0.25) is 4.79 Å². The second kappa shape index (κ2) is 8.90. The summed E-state index contributed by atoms with van der Waals surface area (Å²) in [5, 5.41) is 11.6. The lowest BCUT2D eigenvalue weighted by Crippen LogP contribution is -2.14. The van der Waals surface area contributed by atoms with Crippen molar-refractivity contribution in [1.82, 2.24) is 0 Å². The van der Waals surface area contributed by atoms with Crippen molar-refractivity contribution in [2.24, 2.45) is 0 Å². The Morgan fingerprint density at radius 3 is 2.63 bits per heavy atom. The fourth-order valence-corrected chi connectivity index (χ4v) is 2.22. The second-order valence-corrected chi connectivity index (χ2v) is 5.59. The minimum Gasteiger partial charge on any atom is -0.493 e. The molecule has 0 saturated heterocycles. The summed E-state index contributed by atoms with van der Waals surface area (Å²) in [5.41, 5.74) is -0.658. The SMILES string of the molecule is CCCOc1ccccc1/C=C(\C#N)C(=O)Nc1cccc(C(F)(F)F)c1. The number of carbonyl (C=O) groups excluding carboxylic acids is 1. The number of amides is 1. The normalized spacial score (nSPS) is 11.6. The lowest BCUT2D eigenvalue weighted by molar-refractivity contribution is -0.137. The van der Waals surface area contributed by atoms with Crippen LogP contribution in [0, 0.1) is 11.3 Å². The van der Waals surface area contributed by atoms with Crippen LogP contribution >= 0.6 is 0 Å². The number of hydrogen-bond donors (Lipinski definition) is 1. The molecule has 0 atom stereocenters. The van der Waals surface area contributed by atoms with E-state index in [1.54, 1.807) is 30.3 Å². The Bertz CT molecular complexity index is 883. The summed E-state index contributed by atoms with van der Waals surface area (Å²) < 4.78 is 43.9. The summed E-state index contributed by atoms with van der Waals surface area (Å²) in [4.78, 5) is 12.3. The molecule has 27 heavy (non-hydrogen) atoms. The predicted octanol–water partition coefficient (Wildman–Crippen LogP) is 5.04. The number of carbonyl (C=O) groups is 1. The molecule has 0 aliphatic heterocycles. The number of rotatable bonds is 6. The van der Waals surface area contributed by atoms with Gasteiger partial charge in [0.25, 0.3) is 5.91 Å². The van der Waals surface area contributed by atoms with Gasteiger partial charge in [-0.1, -0.05) is 31.2 Å². The maximum Gasteiger partial charge on any atom is 0.416 e. The number of nitriles is 1. The maximum absolute atomic E-state index is 12.8. The Hall–Kier alpha value is -3.27. The molecule has 7 heteroatoms. The molecule has 2 aromatic carbocycles. The van der Waals surface area contributed by atoms with Crippen LogP contribution in [0.2, 0.25) is 0 Å². The third-order valence-electron chi connectivity index (χ3n) is 3.49. The van der Waals surface area contributed by atoms with Crippen molar-refractivity contribution < 1.29 is 22.7 Å². The van der Waals surface area contributed by atoms with Crippen LogP contribution in [0.15, 0.2) is 54.1 Å². The molecule has 1 amide bonds. The Morgan fingerprint density at radius 2 is 1.96 bits per heavy atom. The Labute approximate surface area is 154 Å². The number of benzene rings is 2. The number of halogens is 3. The zero-order valence-corrected chi connectivity index (χ0v) is 14.5. The van der Waals surface area contributed by atoms with Crippen LogP contribution in [-0.4, -0.2) is 12.5 Å². The molecule has 0 aliphatic carbocycles. The smallest absolute Gasteiger partial charge is 0.416 e. The lowest BCUT2D eigenvalue weighted by Gasteiger charge is -2.10. The second-order valence-electron chi connectivity index (χ2n) is 5.59. The number of para-hydroxylation sites is 1. The zero-order valence-electron chi connectivity index (χ0n) is 14.5. The van der Waals surface area contributed by atoms with Gasteiger partial charge < -0.3 is 10.1 Å². The van der Waals surface area contributed by atoms with E-state index in [1.807, 2.05) is 6.92 Å². The van der Waals surface area contributed by atoms with E-state index in [0.717, 1.165) is 18.6 Å². The highest BCUT2D eigenvalue weighted by molar-refractivity contribution is 6.09. The highest BCUT2D eigenvalue weighted by Gasteiger charge is 2.30. The lowest BCUT2D eigenvalue weighted by atomic mass is 10.1. The van der Waals surface area contributed by atoms with Gasteiger partial charge in [0, 0.05) is 11.3 Å². The fourth-order valence-electron chi connectivity index (χ4n) is 2.22. The number of ether oxygens (including phenoxy) is 1. The van der Waals surface area contributed by atoms with E-state index in [2.05, 4.69) is 5.32 Å². The van der Waals surface area contributed by atoms with E-state index in [4.69, 9.17) is 4.74 Å². The van der Waals surface area contributed by atoms with E-state index in [1.165, 1.54) is 18.2 Å². The van der Waals surface area contributed by atoms with E-state index < -0.39 is 17.6 Å². The van der Waals surface area contributed by atoms with Crippen molar-refractivity contribution in [3.8, 4) is 11.8 Å². The molecule has 0 saturated carbocycles. The maximum atomic E-state index is 12.8. The molecule has 4 nitrogen and oxygen atoms in total. The molecule has 0 heterocycles. The summed E-state index contributed by atoms with van der Waals surface area (Å²) in [5.74, 6) is -0.291. The summed E-state index contributed by atoms with van der Waals surface area (Å²) in [7, 11) is 0. The van der Waals surface area contributed by atoms with E-state index in [9.17, 15) is 23.2 Å². The number of nitrogens with zero attached hydrogens (tertiary/aromatic N) is 1. The summed E-state index contributed by atoms with van der Waals surface area (Å²) in [6.45, 7) is 2.42. The molecule has 0 spiro atoms. The quantitative estimate of drug-likeness (QED) is 0.569. The van der Waals surface area contributed by atoms with Crippen molar-refractivity contribution in [1.29, 1.82) is 5.26 Å². The highest BCUT2D eigenvalue weighted by Crippen LogP contribution is 2.30. The molecule has 0 bridgehead atoms. The first-order valence-corrected chi connectivity index (χ1v) is 8.17. The molecule has 2 aromatic rings. The molecule has 0 aromatic heterocycles. The third kappa shape index (κ3) is 5.61. The molecule has 140 valence electrons. The summed E-state index contributed by atoms with van der Waals surface area (Å²) in [6, 6.07) is 12.9. The minimum absolute atomic E-state index is 0.0495. The van der Waals surface area contributed by atoms with Crippen LogP contribution in [0.3, 0.4) is 0 Å². The molecule has 1 N–H and O–H groups in total. The summed E-state index contributed by atoms with van der Waals surface area (Å²) >= 11 is 0. The van der Waals surface area contributed by atoms with E-state index in [-0.39, 0.29) is 11.3 Å². The first-order chi connectivity index (χ1) is 12.8. The Kier molecular flexibility index (Phi) is 6.61. The van der Waals surface area contributed by atoms with Gasteiger partial charge >= 0.3 is 6.18 Å². The third-order valence-corrected chi connectivity index (χ3v) is 3.49. The van der Waals surface area contributed by atoms with Crippen LogP contribution in [0.5, 0.6) is 5.75 Å². The van der Waals surface area contributed by atoms with Gasteiger partial charge in [0.05, 0.1) is 12.2 Å². The van der Waals surface area contributed by atoms with Crippen molar-refractivity contribution in [2.45, 2.75) is 19.5 Å². The first kappa shape index (κ1) is 20.0. The van der Waals surface area contributed by atoms with Gasteiger partial charge in [-0.2, -0.15) is 18.4 Å². The zero-order chi connectivity index (χ0) is 19.9. The predicted molar refractivity (Wildman–Crippen MR) is 95.9 cm³/mol. The number of hydrogen-bond acceptors (Lipinski definition) is 3. The van der Waals surface area contributed by atoms with Crippen LogP contribution in [0.4, 0.5) is 18.9 Å². The van der Waals surface area contributed by atoms with Crippen LogP contribution in [0.25, 0.3) is 6.08 Å². The minimum atomic E-state index is -4.52. The van der Waals surface area contributed by atoms with E-state index >= 15 is 0 Å². The van der Waals surface area contributed by atoms with Gasteiger partial charge in [0.15, 0.2) is 0 Å². The van der Waals surface area contributed by atoms with Crippen molar-refractivity contribution in [3.63, 3.8) is 0 Å². The molecule has 0 fully saturated rings. The Balaban J connectivity index is 2.25. The Morgan fingerprint density at radius 1 is 1.22 bits per heavy atom. The highest BCUT2D eigenvalue weighted by atomic mass is 19.4. The van der Waals surface area contributed by atoms with Crippen molar-refractivity contribution in [3.05, 3.63) is 65.2 Å². The molecule has 0 radical (unpaired) electrons. The molecular formula is C20H17F3N2O2. The van der Waals surface area contributed by atoms with Gasteiger partial charge in [0.2, 0.25) is 0 Å². The first-order valence-electron chi connectivity index (χ1n) is 8.17. The van der Waals surface area contributed by atoms with E-state index in [0.29, 0.717) is 17.9 Å². The van der Waals surface area contributed by atoms with Gasteiger partial charge in [-0.25, -0.2) is 0 Å². The van der Waals surface area contributed by atoms with Gasteiger partial charge in [-0.05, 0) is 36.8 Å². The fraction of sp³-hybridized carbons (Fsp3) is 0.200. The largest absolute Gasteiger partial charge is 0.493 e. The van der Waals surface area contributed by atoms with Crippen LogP contribution < -0.4 is 10.1 Å². The van der Waals surface area contributed by atoms with Crippen molar-refractivity contribution in [2.75, 3.05) is 11.9 Å². The topological polar surface area (TPSA) is 62.1 Å². The van der Waals surface area contributed by atoms with Crippen LogP contribution in [0.1, 0.15) is 24.5 Å². The average Bonchev–Trinajstić information content (AvgIpc) is 2.64.